The third-order valence-corrected chi connectivity index (χ3v) is 5.96. The van der Waals surface area contributed by atoms with Gasteiger partial charge in [-0.05, 0) is 49.2 Å². The van der Waals surface area contributed by atoms with Crippen LogP contribution in [0.4, 0.5) is 29.3 Å². The molecule has 0 radical (unpaired) electrons. The molecule has 3 N–H and O–H groups in total. The minimum atomic E-state index is -4.46. The number of nitrogens with zero attached hydrogens (tertiary/aromatic N) is 1. The molecule has 1 aliphatic rings. The Bertz CT molecular complexity index is 1060. The fourth-order valence-electron chi connectivity index (χ4n) is 3.77. The van der Waals surface area contributed by atoms with E-state index in [-0.39, 0.29) is 36.3 Å². The Labute approximate surface area is 208 Å². The number of ether oxygens (including phenoxy) is 2. The van der Waals surface area contributed by atoms with E-state index in [4.69, 9.17) is 9.47 Å². The van der Waals surface area contributed by atoms with Crippen LogP contribution in [0.2, 0.25) is 0 Å². The Balaban J connectivity index is 1.76. The van der Waals surface area contributed by atoms with Crippen molar-refractivity contribution >= 4 is 23.3 Å². The number of likely N-dealkylation sites (N-methyl/N-ethyl adjacent to an activating group) is 1. The summed E-state index contributed by atoms with van der Waals surface area (Å²) in [5.74, 6) is 0.220. The van der Waals surface area contributed by atoms with Crippen molar-refractivity contribution in [1.29, 1.82) is 0 Å². The van der Waals surface area contributed by atoms with E-state index in [1.807, 2.05) is 6.92 Å². The largest absolute Gasteiger partial charge is 0.491 e. The molecule has 0 saturated heterocycles. The fraction of sp³-hybridized carbons (Fsp3) is 0.440. The van der Waals surface area contributed by atoms with Crippen LogP contribution >= 0.6 is 0 Å². The maximum absolute atomic E-state index is 13.2. The number of nitrogens with one attached hydrogen (secondary N) is 3. The van der Waals surface area contributed by atoms with Gasteiger partial charge in [-0.3, -0.25) is 4.79 Å². The quantitative estimate of drug-likeness (QED) is 0.570. The zero-order valence-corrected chi connectivity index (χ0v) is 20.6. The number of anilines is 2. The van der Waals surface area contributed by atoms with E-state index < -0.39 is 17.8 Å². The van der Waals surface area contributed by atoms with E-state index in [1.165, 1.54) is 12.1 Å². The van der Waals surface area contributed by atoms with Crippen LogP contribution in [0.5, 0.6) is 5.75 Å². The third kappa shape index (κ3) is 7.11. The highest BCUT2D eigenvalue weighted by Gasteiger charge is 2.30. The third-order valence-electron chi connectivity index (χ3n) is 5.96. The van der Waals surface area contributed by atoms with Crippen LogP contribution < -0.4 is 20.7 Å². The summed E-state index contributed by atoms with van der Waals surface area (Å²) in [7, 11) is 3.32. The van der Waals surface area contributed by atoms with Crippen LogP contribution in [0.3, 0.4) is 0 Å². The standard InChI is InChI=1S/C25H31F3N4O4/c1-15-12-29-16(2)14-36-21-11-19(9-10-20(21)23(33)32(3)13-22(15)35-4)31-24(34)30-18-7-5-17(6-8-18)25(26,27)28/h5-11,15-16,22,29H,12-14H2,1-4H3,(H2,30,31,34)/t15-,16-,22-/m0/s1. The lowest BCUT2D eigenvalue weighted by Crippen LogP contribution is -2.44. The number of carbonyl (C=O) groups excluding carboxylic acids is 2. The molecule has 3 atom stereocenters. The Morgan fingerprint density at radius 1 is 1.11 bits per heavy atom. The second kappa shape index (κ2) is 11.6. The minimum absolute atomic E-state index is 0.00959. The monoisotopic (exact) mass is 508 g/mol. The van der Waals surface area contributed by atoms with Gasteiger partial charge in [-0.2, -0.15) is 13.2 Å². The summed E-state index contributed by atoms with van der Waals surface area (Å²) in [6.07, 6.45) is -4.61. The molecule has 2 aromatic rings. The van der Waals surface area contributed by atoms with E-state index in [9.17, 15) is 22.8 Å². The SMILES string of the molecule is CO[C@H]1CN(C)C(=O)c2ccc(NC(=O)Nc3ccc(C(F)(F)F)cc3)cc2OC[C@H](C)NC[C@@H]1C. The lowest BCUT2D eigenvalue weighted by atomic mass is 10.0. The lowest BCUT2D eigenvalue weighted by Gasteiger charge is -2.30. The van der Waals surface area contributed by atoms with Crippen molar-refractivity contribution < 1.29 is 32.2 Å². The van der Waals surface area contributed by atoms with Crippen molar-refractivity contribution in [2.45, 2.75) is 32.2 Å². The second-order valence-corrected chi connectivity index (χ2v) is 8.92. The van der Waals surface area contributed by atoms with E-state index in [1.54, 1.807) is 37.3 Å². The average molecular weight is 509 g/mol. The van der Waals surface area contributed by atoms with E-state index in [0.717, 1.165) is 12.1 Å². The molecule has 3 amide bonds. The summed E-state index contributed by atoms with van der Waals surface area (Å²) in [5.41, 5.74) is 0.0722. The van der Waals surface area contributed by atoms with Gasteiger partial charge in [0.1, 0.15) is 12.4 Å². The summed E-state index contributed by atoms with van der Waals surface area (Å²) < 4.78 is 49.8. The van der Waals surface area contributed by atoms with Gasteiger partial charge in [0.05, 0.1) is 17.2 Å². The molecular formula is C25H31F3N4O4. The Morgan fingerprint density at radius 3 is 2.39 bits per heavy atom. The molecular weight excluding hydrogens is 477 g/mol. The Morgan fingerprint density at radius 2 is 1.75 bits per heavy atom. The number of alkyl halides is 3. The van der Waals surface area contributed by atoms with Crippen molar-refractivity contribution in [2.24, 2.45) is 5.92 Å². The maximum atomic E-state index is 13.2. The van der Waals surface area contributed by atoms with Crippen LogP contribution in [0.1, 0.15) is 29.8 Å². The predicted octanol–water partition coefficient (Wildman–Crippen LogP) is 4.44. The van der Waals surface area contributed by atoms with Gasteiger partial charge in [0, 0.05) is 50.7 Å². The van der Waals surface area contributed by atoms with Crippen LogP contribution in [-0.4, -0.2) is 62.8 Å². The zero-order valence-electron chi connectivity index (χ0n) is 20.6. The van der Waals surface area contributed by atoms with Crippen LogP contribution in [0.25, 0.3) is 0 Å². The number of hydrogen-bond donors (Lipinski definition) is 3. The molecule has 0 spiro atoms. The van der Waals surface area contributed by atoms with Crippen molar-refractivity contribution in [2.75, 3.05) is 44.5 Å². The first-order valence-corrected chi connectivity index (χ1v) is 11.5. The summed E-state index contributed by atoms with van der Waals surface area (Å²) in [6, 6.07) is 8.11. The van der Waals surface area contributed by atoms with Crippen molar-refractivity contribution in [3.8, 4) is 5.75 Å². The normalized spacial score (nSPS) is 21.5. The average Bonchev–Trinajstić information content (AvgIpc) is 2.83. The number of rotatable bonds is 3. The number of amides is 3. The lowest BCUT2D eigenvalue weighted by molar-refractivity contribution is -0.137. The molecule has 11 heteroatoms. The molecule has 36 heavy (non-hydrogen) atoms. The van der Waals surface area contributed by atoms with E-state index in [2.05, 4.69) is 22.9 Å². The van der Waals surface area contributed by atoms with Crippen LogP contribution in [-0.2, 0) is 10.9 Å². The molecule has 0 saturated carbocycles. The van der Waals surface area contributed by atoms with E-state index in [0.29, 0.717) is 30.1 Å². The Hall–Kier alpha value is -3.31. The van der Waals surface area contributed by atoms with Gasteiger partial charge in [0.25, 0.3) is 5.91 Å². The molecule has 3 rings (SSSR count). The summed E-state index contributed by atoms with van der Waals surface area (Å²) >= 11 is 0. The van der Waals surface area contributed by atoms with Crippen molar-refractivity contribution in [1.82, 2.24) is 10.2 Å². The minimum Gasteiger partial charge on any atom is -0.491 e. The van der Waals surface area contributed by atoms with Gasteiger partial charge in [-0.1, -0.05) is 6.92 Å². The number of urea groups is 1. The highest BCUT2D eigenvalue weighted by molar-refractivity contribution is 6.01. The number of hydrogen-bond acceptors (Lipinski definition) is 5. The Kier molecular flexibility index (Phi) is 8.80. The van der Waals surface area contributed by atoms with Gasteiger partial charge in [0.2, 0.25) is 0 Å². The molecule has 0 unspecified atom stereocenters. The molecule has 1 heterocycles. The van der Waals surface area contributed by atoms with Crippen molar-refractivity contribution in [3.63, 3.8) is 0 Å². The maximum Gasteiger partial charge on any atom is 0.416 e. The predicted molar refractivity (Wildman–Crippen MR) is 130 cm³/mol. The molecule has 0 aromatic heterocycles. The topological polar surface area (TPSA) is 91.9 Å². The molecule has 196 valence electrons. The summed E-state index contributed by atoms with van der Waals surface area (Å²) in [5, 5.41) is 8.50. The van der Waals surface area contributed by atoms with Crippen molar-refractivity contribution in [3.05, 3.63) is 53.6 Å². The number of benzene rings is 2. The van der Waals surface area contributed by atoms with Gasteiger partial charge in [0.15, 0.2) is 0 Å². The number of fused-ring (bicyclic) bond motifs is 1. The highest BCUT2D eigenvalue weighted by atomic mass is 19.4. The molecule has 0 bridgehead atoms. The highest BCUT2D eigenvalue weighted by Crippen LogP contribution is 2.30. The van der Waals surface area contributed by atoms with Gasteiger partial charge < -0.3 is 30.3 Å². The number of carbonyl (C=O) groups is 2. The van der Waals surface area contributed by atoms with Gasteiger partial charge in [-0.25, -0.2) is 4.79 Å². The molecule has 2 aromatic carbocycles. The molecule has 8 nitrogen and oxygen atoms in total. The fourth-order valence-corrected chi connectivity index (χ4v) is 3.77. The zero-order chi connectivity index (χ0) is 26.5. The smallest absolute Gasteiger partial charge is 0.416 e. The molecule has 0 aliphatic carbocycles. The summed E-state index contributed by atoms with van der Waals surface area (Å²) in [6.45, 7) is 5.38. The first kappa shape index (κ1) is 27.3. The summed E-state index contributed by atoms with van der Waals surface area (Å²) in [4.78, 5) is 27.2. The second-order valence-electron chi connectivity index (χ2n) is 8.92. The first-order chi connectivity index (χ1) is 17.0. The van der Waals surface area contributed by atoms with Gasteiger partial charge in [-0.15, -0.1) is 0 Å². The van der Waals surface area contributed by atoms with Gasteiger partial charge >= 0.3 is 12.2 Å². The molecule has 1 aliphatic heterocycles. The van der Waals surface area contributed by atoms with E-state index >= 15 is 0 Å². The first-order valence-electron chi connectivity index (χ1n) is 11.5. The number of halogens is 3. The van der Waals surface area contributed by atoms with Crippen LogP contribution in [0.15, 0.2) is 42.5 Å². The van der Waals surface area contributed by atoms with Crippen LogP contribution in [0, 0.1) is 5.92 Å². The number of methoxy groups -OCH3 is 1. The molecule has 0 fully saturated rings.